The summed E-state index contributed by atoms with van der Waals surface area (Å²) < 4.78 is 5.05. The third-order valence-electron chi connectivity index (χ3n) is 2.80. The van der Waals surface area contributed by atoms with Crippen LogP contribution in [0.15, 0.2) is 18.2 Å². The van der Waals surface area contributed by atoms with E-state index in [4.69, 9.17) is 4.74 Å². The van der Waals surface area contributed by atoms with Crippen molar-refractivity contribution in [3.63, 3.8) is 0 Å². The number of aliphatic hydroxyl groups excluding tert-OH is 1. The molecule has 108 valence electrons. The Morgan fingerprint density at radius 3 is 2.58 bits per heavy atom. The molecule has 4 heteroatoms. The summed E-state index contributed by atoms with van der Waals surface area (Å²) in [6, 6.07) is 5.24. The second kappa shape index (κ2) is 6.78. The van der Waals surface area contributed by atoms with E-state index < -0.39 is 0 Å². The standard InChI is InChI=1S/C15H25NO3/c1-15(2,3)8-12(17)10-16-9-11-5-6-13(18)14(7-11)19-4/h5-7,12,16-18H,8-10H2,1-4H3. The van der Waals surface area contributed by atoms with Crippen molar-refractivity contribution in [1.82, 2.24) is 5.32 Å². The maximum absolute atomic E-state index is 9.88. The summed E-state index contributed by atoms with van der Waals surface area (Å²) in [6.07, 6.45) is 0.415. The lowest BCUT2D eigenvalue weighted by Gasteiger charge is -2.22. The highest BCUT2D eigenvalue weighted by Crippen LogP contribution is 2.26. The lowest BCUT2D eigenvalue weighted by atomic mass is 9.89. The molecule has 0 radical (unpaired) electrons. The molecule has 0 heterocycles. The molecule has 0 aliphatic heterocycles. The third-order valence-corrected chi connectivity index (χ3v) is 2.80. The lowest BCUT2D eigenvalue weighted by molar-refractivity contribution is 0.119. The van der Waals surface area contributed by atoms with Gasteiger partial charge in [-0.1, -0.05) is 26.8 Å². The predicted molar refractivity (Wildman–Crippen MR) is 76.4 cm³/mol. The molecule has 1 atom stereocenters. The van der Waals surface area contributed by atoms with Crippen LogP contribution in [0.3, 0.4) is 0 Å². The molecule has 0 spiro atoms. The van der Waals surface area contributed by atoms with Crippen molar-refractivity contribution >= 4 is 0 Å². The highest BCUT2D eigenvalue weighted by Gasteiger charge is 2.16. The molecule has 1 aromatic carbocycles. The largest absolute Gasteiger partial charge is 0.504 e. The number of benzene rings is 1. The van der Waals surface area contributed by atoms with Gasteiger partial charge in [-0.3, -0.25) is 0 Å². The Bertz CT molecular complexity index is 399. The molecule has 0 aliphatic carbocycles. The molecule has 1 rings (SSSR count). The number of rotatable bonds is 6. The van der Waals surface area contributed by atoms with Gasteiger partial charge in [-0.25, -0.2) is 0 Å². The van der Waals surface area contributed by atoms with Gasteiger partial charge in [-0.05, 0) is 29.5 Å². The van der Waals surface area contributed by atoms with Gasteiger partial charge in [-0.15, -0.1) is 0 Å². The fourth-order valence-electron chi connectivity index (χ4n) is 1.99. The van der Waals surface area contributed by atoms with E-state index in [9.17, 15) is 10.2 Å². The van der Waals surface area contributed by atoms with Gasteiger partial charge in [-0.2, -0.15) is 0 Å². The second-order valence-electron chi connectivity index (χ2n) is 6.06. The Labute approximate surface area is 115 Å². The zero-order valence-electron chi connectivity index (χ0n) is 12.2. The Hall–Kier alpha value is -1.26. The number of aliphatic hydroxyl groups is 1. The smallest absolute Gasteiger partial charge is 0.160 e. The average Bonchev–Trinajstić information content (AvgIpc) is 2.29. The van der Waals surface area contributed by atoms with Crippen molar-refractivity contribution in [2.75, 3.05) is 13.7 Å². The molecular weight excluding hydrogens is 242 g/mol. The quantitative estimate of drug-likeness (QED) is 0.740. The van der Waals surface area contributed by atoms with Crippen LogP contribution in [0.2, 0.25) is 0 Å². The van der Waals surface area contributed by atoms with Crippen LogP contribution in [0.4, 0.5) is 0 Å². The Morgan fingerprint density at radius 1 is 1.32 bits per heavy atom. The molecule has 0 aliphatic rings. The van der Waals surface area contributed by atoms with Crippen molar-refractivity contribution < 1.29 is 14.9 Å². The van der Waals surface area contributed by atoms with Gasteiger partial charge in [0.15, 0.2) is 11.5 Å². The number of nitrogens with one attached hydrogen (secondary N) is 1. The fraction of sp³-hybridized carbons (Fsp3) is 0.600. The molecule has 0 fully saturated rings. The van der Waals surface area contributed by atoms with Crippen LogP contribution in [-0.2, 0) is 6.54 Å². The van der Waals surface area contributed by atoms with Gasteiger partial charge < -0.3 is 20.3 Å². The summed E-state index contributed by atoms with van der Waals surface area (Å²) in [5.74, 6) is 0.605. The van der Waals surface area contributed by atoms with Crippen LogP contribution >= 0.6 is 0 Å². The maximum Gasteiger partial charge on any atom is 0.160 e. The molecule has 0 bridgehead atoms. The van der Waals surface area contributed by atoms with E-state index in [1.54, 1.807) is 12.1 Å². The second-order valence-corrected chi connectivity index (χ2v) is 6.06. The molecule has 1 unspecified atom stereocenters. The van der Waals surface area contributed by atoms with E-state index in [0.29, 0.717) is 18.8 Å². The summed E-state index contributed by atoms with van der Waals surface area (Å²) in [6.45, 7) is 7.53. The first-order valence-corrected chi connectivity index (χ1v) is 6.56. The van der Waals surface area contributed by atoms with Gasteiger partial charge in [0, 0.05) is 13.1 Å². The monoisotopic (exact) mass is 267 g/mol. The van der Waals surface area contributed by atoms with Gasteiger partial charge >= 0.3 is 0 Å². The third kappa shape index (κ3) is 5.94. The summed E-state index contributed by atoms with van der Waals surface area (Å²) in [4.78, 5) is 0. The Kier molecular flexibility index (Phi) is 5.63. The summed E-state index contributed by atoms with van der Waals surface area (Å²) in [7, 11) is 1.53. The molecule has 0 amide bonds. The number of hydrogen-bond donors (Lipinski definition) is 3. The molecule has 4 nitrogen and oxygen atoms in total. The van der Waals surface area contributed by atoms with E-state index in [0.717, 1.165) is 12.0 Å². The SMILES string of the molecule is COc1cc(CNCC(O)CC(C)(C)C)ccc1O. The van der Waals surface area contributed by atoms with Crippen LogP contribution < -0.4 is 10.1 Å². The van der Waals surface area contributed by atoms with E-state index >= 15 is 0 Å². The lowest BCUT2D eigenvalue weighted by Crippen LogP contribution is -2.29. The van der Waals surface area contributed by atoms with Gasteiger partial charge in [0.2, 0.25) is 0 Å². The van der Waals surface area contributed by atoms with Crippen LogP contribution in [0.1, 0.15) is 32.8 Å². The maximum atomic E-state index is 9.88. The Morgan fingerprint density at radius 2 is 2.00 bits per heavy atom. The number of aromatic hydroxyl groups is 1. The number of phenolic OH excluding ortho intramolecular Hbond substituents is 1. The van der Waals surface area contributed by atoms with Crippen molar-refractivity contribution in [3.8, 4) is 11.5 Å². The first kappa shape index (κ1) is 15.8. The molecule has 19 heavy (non-hydrogen) atoms. The van der Waals surface area contributed by atoms with E-state index in [1.807, 2.05) is 6.07 Å². The van der Waals surface area contributed by atoms with Gasteiger partial charge in [0.05, 0.1) is 13.2 Å². The van der Waals surface area contributed by atoms with Crippen molar-refractivity contribution in [1.29, 1.82) is 0 Å². The highest BCUT2D eigenvalue weighted by molar-refractivity contribution is 5.41. The molecule has 0 saturated carbocycles. The molecular formula is C15H25NO3. The number of phenols is 1. The minimum absolute atomic E-state index is 0.128. The number of hydrogen-bond acceptors (Lipinski definition) is 4. The average molecular weight is 267 g/mol. The van der Waals surface area contributed by atoms with Crippen LogP contribution in [0, 0.1) is 5.41 Å². The highest BCUT2D eigenvalue weighted by atomic mass is 16.5. The van der Waals surface area contributed by atoms with Crippen LogP contribution in [-0.4, -0.2) is 30.0 Å². The number of ether oxygens (including phenoxy) is 1. The zero-order valence-corrected chi connectivity index (χ0v) is 12.2. The first-order valence-electron chi connectivity index (χ1n) is 6.56. The van der Waals surface area contributed by atoms with E-state index in [2.05, 4.69) is 26.1 Å². The fourth-order valence-corrected chi connectivity index (χ4v) is 1.99. The molecule has 0 saturated heterocycles. The molecule has 0 aromatic heterocycles. The normalized spacial score (nSPS) is 13.3. The van der Waals surface area contributed by atoms with Crippen molar-refractivity contribution in [2.45, 2.75) is 39.8 Å². The Balaban J connectivity index is 2.41. The molecule has 3 N–H and O–H groups in total. The van der Waals surface area contributed by atoms with Gasteiger partial charge in [0.25, 0.3) is 0 Å². The van der Waals surface area contributed by atoms with E-state index in [1.165, 1.54) is 7.11 Å². The summed E-state index contributed by atoms with van der Waals surface area (Å²) in [5.41, 5.74) is 1.14. The summed E-state index contributed by atoms with van der Waals surface area (Å²) >= 11 is 0. The number of methoxy groups -OCH3 is 1. The minimum atomic E-state index is -0.348. The van der Waals surface area contributed by atoms with Crippen LogP contribution in [0.5, 0.6) is 11.5 Å². The topological polar surface area (TPSA) is 61.7 Å². The van der Waals surface area contributed by atoms with Gasteiger partial charge in [0.1, 0.15) is 0 Å². The molecule has 1 aromatic rings. The summed E-state index contributed by atoms with van der Waals surface area (Å²) in [5, 5.41) is 22.6. The predicted octanol–water partition coefficient (Wildman–Crippen LogP) is 2.29. The van der Waals surface area contributed by atoms with Crippen molar-refractivity contribution in [2.24, 2.45) is 5.41 Å². The zero-order chi connectivity index (χ0) is 14.5. The van der Waals surface area contributed by atoms with E-state index in [-0.39, 0.29) is 17.3 Å². The van der Waals surface area contributed by atoms with Crippen molar-refractivity contribution in [3.05, 3.63) is 23.8 Å². The van der Waals surface area contributed by atoms with Crippen LogP contribution in [0.25, 0.3) is 0 Å². The first-order chi connectivity index (χ1) is 8.81. The minimum Gasteiger partial charge on any atom is -0.504 e.